The van der Waals surface area contributed by atoms with E-state index in [-0.39, 0.29) is 5.82 Å². The molecule has 0 radical (unpaired) electrons. The maximum absolute atomic E-state index is 13.1. The number of fused-ring (bicyclic) bond motifs is 1. The molecule has 1 unspecified atom stereocenters. The van der Waals surface area contributed by atoms with Crippen LogP contribution >= 0.6 is 11.3 Å². The molecule has 0 aliphatic heterocycles. The molecule has 22 heavy (non-hydrogen) atoms. The number of benzene rings is 1. The summed E-state index contributed by atoms with van der Waals surface area (Å²) in [5.41, 5.74) is 1.68. The summed E-state index contributed by atoms with van der Waals surface area (Å²) < 4.78 is 13.1. The summed E-state index contributed by atoms with van der Waals surface area (Å²) in [5, 5.41) is 14.6. The normalized spacial score (nSPS) is 12.3. The second kappa shape index (κ2) is 5.69. The van der Waals surface area contributed by atoms with Crippen LogP contribution in [0, 0.1) is 5.82 Å². The van der Waals surface area contributed by atoms with Crippen molar-refractivity contribution in [3.63, 3.8) is 0 Å². The Kier molecular flexibility index (Phi) is 3.72. The lowest BCUT2D eigenvalue weighted by atomic mass is 10.1. The SMILES string of the molecule is CC(Nc1ncnc2scc(-c3ccc(F)cc3)c12)C(=O)O. The number of hydrogen-bond acceptors (Lipinski definition) is 5. The fraction of sp³-hybridized carbons (Fsp3) is 0.133. The van der Waals surface area contributed by atoms with E-state index in [0.717, 1.165) is 21.3 Å². The molecule has 1 atom stereocenters. The Labute approximate surface area is 129 Å². The van der Waals surface area contributed by atoms with Gasteiger partial charge in [-0.2, -0.15) is 0 Å². The fourth-order valence-electron chi connectivity index (χ4n) is 2.09. The Balaban J connectivity index is 2.12. The highest BCUT2D eigenvalue weighted by atomic mass is 32.1. The van der Waals surface area contributed by atoms with Crippen LogP contribution in [0.15, 0.2) is 36.0 Å². The summed E-state index contributed by atoms with van der Waals surface area (Å²) in [5.74, 6) is -0.816. The standard InChI is InChI=1S/C15H12FN3O2S/c1-8(15(20)21)19-13-12-11(6-22-14(12)18-7-17-13)9-2-4-10(16)5-3-9/h2-8H,1H3,(H,20,21)(H,17,18,19). The van der Waals surface area contributed by atoms with Gasteiger partial charge in [-0.1, -0.05) is 12.1 Å². The van der Waals surface area contributed by atoms with Crippen LogP contribution in [-0.2, 0) is 4.79 Å². The molecule has 3 aromatic rings. The van der Waals surface area contributed by atoms with Crippen molar-refractivity contribution in [2.45, 2.75) is 13.0 Å². The van der Waals surface area contributed by atoms with Crippen LogP contribution in [0.4, 0.5) is 10.2 Å². The zero-order valence-corrected chi connectivity index (χ0v) is 12.4. The molecular weight excluding hydrogens is 305 g/mol. The minimum atomic E-state index is -0.967. The molecule has 2 heterocycles. The van der Waals surface area contributed by atoms with E-state index < -0.39 is 12.0 Å². The fourth-order valence-corrected chi connectivity index (χ4v) is 3.01. The lowest BCUT2D eigenvalue weighted by molar-refractivity contribution is -0.137. The molecule has 5 nitrogen and oxygen atoms in total. The molecule has 2 N–H and O–H groups in total. The summed E-state index contributed by atoms with van der Waals surface area (Å²) in [7, 11) is 0. The van der Waals surface area contributed by atoms with Gasteiger partial charge in [0.05, 0.1) is 5.39 Å². The molecule has 0 bridgehead atoms. The third kappa shape index (κ3) is 2.62. The number of carboxylic acids is 1. The Morgan fingerprint density at radius 2 is 2.05 bits per heavy atom. The molecule has 0 saturated carbocycles. The maximum atomic E-state index is 13.1. The van der Waals surface area contributed by atoms with Crippen molar-refractivity contribution in [2.75, 3.05) is 5.32 Å². The van der Waals surface area contributed by atoms with Gasteiger partial charge in [0, 0.05) is 10.9 Å². The number of halogens is 1. The number of rotatable bonds is 4. The highest BCUT2D eigenvalue weighted by Gasteiger charge is 2.17. The predicted molar refractivity (Wildman–Crippen MR) is 83.5 cm³/mol. The monoisotopic (exact) mass is 317 g/mol. The second-order valence-electron chi connectivity index (χ2n) is 4.76. The first-order valence-corrected chi connectivity index (χ1v) is 7.41. The van der Waals surface area contributed by atoms with Crippen LogP contribution < -0.4 is 5.32 Å². The van der Waals surface area contributed by atoms with E-state index in [1.807, 2.05) is 5.38 Å². The number of carbonyl (C=O) groups is 1. The summed E-state index contributed by atoms with van der Waals surface area (Å²) in [6, 6.07) is 5.34. The van der Waals surface area contributed by atoms with Crippen molar-refractivity contribution in [3.05, 3.63) is 41.8 Å². The van der Waals surface area contributed by atoms with Gasteiger partial charge in [-0.25, -0.2) is 14.4 Å². The average Bonchev–Trinajstić information content (AvgIpc) is 2.93. The molecule has 2 aromatic heterocycles. The van der Waals surface area contributed by atoms with Gasteiger partial charge in [-0.3, -0.25) is 4.79 Å². The highest BCUT2D eigenvalue weighted by Crippen LogP contribution is 2.36. The number of aromatic nitrogens is 2. The summed E-state index contributed by atoms with van der Waals surface area (Å²) in [6.07, 6.45) is 1.39. The minimum Gasteiger partial charge on any atom is -0.480 e. The Bertz CT molecular complexity index is 832. The van der Waals surface area contributed by atoms with Crippen molar-refractivity contribution in [3.8, 4) is 11.1 Å². The van der Waals surface area contributed by atoms with E-state index in [0.29, 0.717) is 5.82 Å². The van der Waals surface area contributed by atoms with Crippen LogP contribution in [0.3, 0.4) is 0 Å². The quantitative estimate of drug-likeness (QED) is 0.771. The molecular formula is C15H12FN3O2S. The first-order chi connectivity index (χ1) is 10.6. The van der Waals surface area contributed by atoms with Gasteiger partial charge in [0.25, 0.3) is 0 Å². The minimum absolute atomic E-state index is 0.308. The molecule has 1 aromatic carbocycles. The number of nitrogens with one attached hydrogen (secondary N) is 1. The van der Waals surface area contributed by atoms with Gasteiger partial charge < -0.3 is 10.4 Å². The van der Waals surface area contributed by atoms with Gasteiger partial charge in [0.2, 0.25) is 0 Å². The number of aliphatic carboxylic acids is 1. The first-order valence-electron chi connectivity index (χ1n) is 6.53. The van der Waals surface area contributed by atoms with E-state index in [9.17, 15) is 9.18 Å². The molecule has 112 valence electrons. The second-order valence-corrected chi connectivity index (χ2v) is 5.62. The zero-order chi connectivity index (χ0) is 15.7. The number of carboxylic acid groups (broad SMARTS) is 1. The molecule has 0 aliphatic rings. The van der Waals surface area contributed by atoms with Crippen LogP contribution in [0.1, 0.15) is 6.92 Å². The number of nitrogens with zero attached hydrogens (tertiary/aromatic N) is 2. The molecule has 0 saturated heterocycles. The molecule has 0 spiro atoms. The van der Waals surface area contributed by atoms with E-state index in [2.05, 4.69) is 15.3 Å². The van der Waals surface area contributed by atoms with Crippen molar-refractivity contribution >= 4 is 33.3 Å². The summed E-state index contributed by atoms with van der Waals surface area (Å²) in [4.78, 5) is 20.1. The van der Waals surface area contributed by atoms with Gasteiger partial charge >= 0.3 is 5.97 Å². The Hall–Kier alpha value is -2.54. The van der Waals surface area contributed by atoms with Crippen LogP contribution in [-0.4, -0.2) is 27.1 Å². The predicted octanol–water partition coefficient (Wildman–Crippen LogP) is 3.38. The third-order valence-corrected chi connectivity index (χ3v) is 4.14. The van der Waals surface area contributed by atoms with Crippen molar-refractivity contribution in [1.29, 1.82) is 0 Å². The van der Waals surface area contributed by atoms with Crippen molar-refractivity contribution in [2.24, 2.45) is 0 Å². The number of hydrogen-bond donors (Lipinski definition) is 2. The smallest absolute Gasteiger partial charge is 0.325 e. The molecule has 0 aliphatic carbocycles. The Morgan fingerprint density at radius 3 is 2.73 bits per heavy atom. The zero-order valence-electron chi connectivity index (χ0n) is 11.6. The van der Waals surface area contributed by atoms with E-state index in [1.54, 1.807) is 19.1 Å². The molecule has 0 amide bonds. The lowest BCUT2D eigenvalue weighted by Gasteiger charge is -2.11. The average molecular weight is 317 g/mol. The van der Waals surface area contributed by atoms with Gasteiger partial charge in [0.1, 0.15) is 28.8 Å². The topological polar surface area (TPSA) is 75.1 Å². The molecule has 7 heteroatoms. The number of thiophene rings is 1. The van der Waals surface area contributed by atoms with Gasteiger partial charge in [-0.05, 0) is 24.6 Å². The summed E-state index contributed by atoms with van der Waals surface area (Å²) in [6.45, 7) is 1.54. The van der Waals surface area contributed by atoms with Crippen LogP contribution in [0.2, 0.25) is 0 Å². The summed E-state index contributed by atoms with van der Waals surface area (Å²) >= 11 is 1.43. The van der Waals surface area contributed by atoms with E-state index in [1.165, 1.54) is 29.8 Å². The largest absolute Gasteiger partial charge is 0.480 e. The molecule has 0 fully saturated rings. The highest BCUT2D eigenvalue weighted by molar-refractivity contribution is 7.17. The van der Waals surface area contributed by atoms with Crippen molar-refractivity contribution < 1.29 is 14.3 Å². The van der Waals surface area contributed by atoms with Gasteiger partial charge in [0.15, 0.2) is 0 Å². The molecule has 3 rings (SSSR count). The maximum Gasteiger partial charge on any atom is 0.325 e. The van der Waals surface area contributed by atoms with E-state index in [4.69, 9.17) is 5.11 Å². The lowest BCUT2D eigenvalue weighted by Crippen LogP contribution is -2.26. The Morgan fingerprint density at radius 1 is 1.32 bits per heavy atom. The van der Waals surface area contributed by atoms with Crippen LogP contribution in [0.25, 0.3) is 21.3 Å². The van der Waals surface area contributed by atoms with Crippen molar-refractivity contribution in [1.82, 2.24) is 9.97 Å². The first kappa shape index (κ1) is 14.4. The third-order valence-electron chi connectivity index (χ3n) is 3.25. The van der Waals surface area contributed by atoms with E-state index >= 15 is 0 Å². The number of anilines is 1. The van der Waals surface area contributed by atoms with Gasteiger partial charge in [-0.15, -0.1) is 11.3 Å². The van der Waals surface area contributed by atoms with Crippen LogP contribution in [0.5, 0.6) is 0 Å².